The van der Waals surface area contributed by atoms with E-state index in [1.54, 1.807) is 11.3 Å². The van der Waals surface area contributed by atoms with Crippen LogP contribution in [0.3, 0.4) is 0 Å². The molecule has 0 spiro atoms. The van der Waals surface area contributed by atoms with E-state index in [2.05, 4.69) is 11.1 Å². The fourth-order valence-corrected chi connectivity index (χ4v) is 4.44. The maximum Gasteiger partial charge on any atom is 0.222 e. The van der Waals surface area contributed by atoms with E-state index in [-0.39, 0.29) is 12.2 Å². The molecule has 2 saturated heterocycles. The van der Waals surface area contributed by atoms with Crippen molar-refractivity contribution in [3.05, 3.63) is 29.3 Å². The first-order valence-corrected chi connectivity index (χ1v) is 9.47. The highest BCUT2D eigenvalue weighted by Crippen LogP contribution is 2.27. The molecule has 0 radical (unpaired) electrons. The van der Waals surface area contributed by atoms with Gasteiger partial charge in [-0.1, -0.05) is 12.1 Å². The largest absolute Gasteiger partial charge is 0.350 e. The minimum absolute atomic E-state index is 0.0509. The Morgan fingerprint density at radius 3 is 2.71 bits per heavy atom. The number of hydrogen-bond donors (Lipinski definition) is 0. The molecule has 2 aromatic rings. The van der Waals surface area contributed by atoms with Gasteiger partial charge in [-0.3, -0.25) is 4.79 Å². The highest BCUT2D eigenvalue weighted by Gasteiger charge is 2.31. The standard InChI is InChI=1S/C18H22N2O3S/c21-17(6-5-16-19-14-3-1-2-4-15(14)24-16)20-9-7-13(8-10-20)18-22-11-12-23-18/h1-4,13,18H,5-12H2. The second-order valence-corrected chi connectivity index (χ2v) is 7.52. The number of aromatic nitrogens is 1. The van der Waals surface area contributed by atoms with Crippen LogP contribution in [0.1, 0.15) is 24.3 Å². The van der Waals surface area contributed by atoms with Gasteiger partial charge in [0.2, 0.25) is 5.91 Å². The Balaban J connectivity index is 1.27. The summed E-state index contributed by atoms with van der Waals surface area (Å²) in [5.74, 6) is 0.668. The molecule has 128 valence electrons. The second kappa shape index (κ2) is 7.17. The number of hydrogen-bond acceptors (Lipinski definition) is 5. The number of piperidine rings is 1. The van der Waals surface area contributed by atoms with E-state index in [9.17, 15) is 4.79 Å². The fourth-order valence-electron chi connectivity index (χ4n) is 3.47. The lowest BCUT2D eigenvalue weighted by Crippen LogP contribution is -2.41. The van der Waals surface area contributed by atoms with Crippen LogP contribution in [-0.4, -0.2) is 48.4 Å². The van der Waals surface area contributed by atoms with Crippen LogP contribution in [0.5, 0.6) is 0 Å². The van der Waals surface area contributed by atoms with E-state index >= 15 is 0 Å². The minimum Gasteiger partial charge on any atom is -0.350 e. The van der Waals surface area contributed by atoms with Gasteiger partial charge in [0.25, 0.3) is 0 Å². The van der Waals surface area contributed by atoms with Crippen molar-refractivity contribution in [2.75, 3.05) is 26.3 Å². The van der Waals surface area contributed by atoms with Crippen molar-refractivity contribution < 1.29 is 14.3 Å². The summed E-state index contributed by atoms with van der Waals surface area (Å²) in [5, 5.41) is 1.05. The number of ether oxygens (including phenoxy) is 2. The SMILES string of the molecule is O=C(CCc1nc2ccccc2s1)N1CCC(C2OCCO2)CC1. The van der Waals surface area contributed by atoms with Crippen LogP contribution in [0.4, 0.5) is 0 Å². The van der Waals surface area contributed by atoms with E-state index in [1.165, 1.54) is 4.70 Å². The average Bonchev–Trinajstić information content (AvgIpc) is 3.29. The molecule has 1 aromatic carbocycles. The van der Waals surface area contributed by atoms with Gasteiger partial charge in [-0.25, -0.2) is 4.98 Å². The minimum atomic E-state index is -0.0509. The summed E-state index contributed by atoms with van der Waals surface area (Å²) in [6.07, 6.45) is 3.16. The van der Waals surface area contributed by atoms with Crippen LogP contribution < -0.4 is 0 Å². The van der Waals surface area contributed by atoms with Gasteiger partial charge >= 0.3 is 0 Å². The Hall–Kier alpha value is -1.50. The molecule has 5 nitrogen and oxygen atoms in total. The lowest BCUT2D eigenvalue weighted by molar-refractivity contribution is -0.136. The van der Waals surface area contributed by atoms with Crippen LogP contribution in [0.2, 0.25) is 0 Å². The number of carbonyl (C=O) groups excluding carboxylic acids is 1. The van der Waals surface area contributed by atoms with Crippen molar-refractivity contribution in [1.29, 1.82) is 0 Å². The van der Waals surface area contributed by atoms with Crippen molar-refractivity contribution in [2.24, 2.45) is 5.92 Å². The molecule has 4 rings (SSSR count). The van der Waals surface area contributed by atoms with Crippen LogP contribution in [0.25, 0.3) is 10.2 Å². The number of amides is 1. The summed E-state index contributed by atoms with van der Waals surface area (Å²) in [6, 6.07) is 8.13. The number of carbonyl (C=O) groups is 1. The van der Waals surface area contributed by atoms with E-state index in [1.807, 2.05) is 23.1 Å². The molecule has 0 unspecified atom stereocenters. The normalized spacial score (nSPS) is 20.1. The first kappa shape index (κ1) is 16.0. The van der Waals surface area contributed by atoms with E-state index < -0.39 is 0 Å². The van der Waals surface area contributed by atoms with Crippen molar-refractivity contribution >= 4 is 27.5 Å². The van der Waals surface area contributed by atoms with Gasteiger partial charge in [-0.05, 0) is 25.0 Å². The van der Waals surface area contributed by atoms with E-state index in [0.29, 0.717) is 25.6 Å². The number of rotatable bonds is 4. The third-order valence-electron chi connectivity index (χ3n) is 4.82. The maximum atomic E-state index is 12.5. The molecular formula is C18H22N2O3S. The summed E-state index contributed by atoms with van der Waals surface area (Å²) in [7, 11) is 0. The van der Waals surface area contributed by atoms with Gasteiger partial charge < -0.3 is 14.4 Å². The Morgan fingerprint density at radius 2 is 1.96 bits per heavy atom. The average molecular weight is 346 g/mol. The molecule has 0 aliphatic carbocycles. The number of nitrogens with zero attached hydrogens (tertiary/aromatic N) is 2. The zero-order valence-corrected chi connectivity index (χ0v) is 14.5. The second-order valence-electron chi connectivity index (χ2n) is 6.40. The Labute approximate surface area is 145 Å². The number of para-hydroxylation sites is 1. The number of thiazole rings is 1. The maximum absolute atomic E-state index is 12.5. The van der Waals surface area contributed by atoms with Crippen molar-refractivity contribution in [1.82, 2.24) is 9.88 Å². The molecule has 2 aliphatic rings. The first-order valence-electron chi connectivity index (χ1n) is 8.65. The van der Waals surface area contributed by atoms with E-state index in [4.69, 9.17) is 9.47 Å². The molecule has 0 saturated carbocycles. The first-order chi connectivity index (χ1) is 11.8. The molecular weight excluding hydrogens is 324 g/mol. The third kappa shape index (κ3) is 3.45. The molecule has 2 fully saturated rings. The predicted molar refractivity (Wildman–Crippen MR) is 92.9 cm³/mol. The van der Waals surface area contributed by atoms with Crippen LogP contribution in [0, 0.1) is 5.92 Å². The Kier molecular flexibility index (Phi) is 4.78. The highest BCUT2D eigenvalue weighted by molar-refractivity contribution is 7.18. The molecule has 0 N–H and O–H groups in total. The molecule has 6 heteroatoms. The summed E-state index contributed by atoms with van der Waals surface area (Å²) in [5.41, 5.74) is 1.03. The number of aryl methyl sites for hydroxylation is 1. The molecule has 3 heterocycles. The Bertz CT molecular complexity index is 670. The molecule has 0 bridgehead atoms. The van der Waals surface area contributed by atoms with Crippen molar-refractivity contribution in [3.63, 3.8) is 0 Å². The monoisotopic (exact) mass is 346 g/mol. The fraction of sp³-hybridized carbons (Fsp3) is 0.556. The van der Waals surface area contributed by atoms with Crippen molar-refractivity contribution in [3.8, 4) is 0 Å². The van der Waals surface area contributed by atoms with Gasteiger partial charge in [0.1, 0.15) is 0 Å². The van der Waals surface area contributed by atoms with Crippen LogP contribution >= 0.6 is 11.3 Å². The lowest BCUT2D eigenvalue weighted by Gasteiger charge is -2.33. The van der Waals surface area contributed by atoms with Gasteiger partial charge in [-0.15, -0.1) is 11.3 Å². The quantitative estimate of drug-likeness (QED) is 0.854. The molecule has 1 amide bonds. The zero-order valence-electron chi connectivity index (χ0n) is 13.6. The Morgan fingerprint density at radius 1 is 1.21 bits per heavy atom. The molecule has 0 atom stereocenters. The van der Waals surface area contributed by atoms with Crippen LogP contribution in [0.15, 0.2) is 24.3 Å². The number of benzene rings is 1. The van der Waals surface area contributed by atoms with Gasteiger partial charge in [-0.2, -0.15) is 0 Å². The zero-order chi connectivity index (χ0) is 16.4. The number of likely N-dealkylation sites (tertiary alicyclic amines) is 1. The summed E-state index contributed by atoms with van der Waals surface area (Å²) >= 11 is 1.69. The van der Waals surface area contributed by atoms with Gasteiger partial charge in [0.05, 0.1) is 28.4 Å². The molecule has 1 aromatic heterocycles. The third-order valence-corrected chi connectivity index (χ3v) is 5.91. The summed E-state index contributed by atoms with van der Waals surface area (Å²) in [4.78, 5) is 19.0. The smallest absolute Gasteiger partial charge is 0.222 e. The lowest BCUT2D eigenvalue weighted by atomic mass is 9.96. The van der Waals surface area contributed by atoms with Gasteiger partial charge in [0.15, 0.2) is 6.29 Å². The topological polar surface area (TPSA) is 51.7 Å². The summed E-state index contributed by atoms with van der Waals surface area (Å²) < 4.78 is 12.4. The summed E-state index contributed by atoms with van der Waals surface area (Å²) in [6.45, 7) is 3.02. The number of fused-ring (bicyclic) bond motifs is 1. The predicted octanol–water partition coefficient (Wildman–Crippen LogP) is 2.84. The molecule has 2 aliphatic heterocycles. The van der Waals surface area contributed by atoms with Crippen molar-refractivity contribution in [2.45, 2.75) is 32.0 Å². The van der Waals surface area contributed by atoms with Crippen LogP contribution in [-0.2, 0) is 20.7 Å². The van der Waals surface area contributed by atoms with E-state index in [0.717, 1.165) is 42.9 Å². The highest BCUT2D eigenvalue weighted by atomic mass is 32.1. The molecule has 24 heavy (non-hydrogen) atoms. The van der Waals surface area contributed by atoms with Gasteiger partial charge in [0, 0.05) is 31.8 Å².